The van der Waals surface area contributed by atoms with Crippen LogP contribution in [-0.4, -0.2) is 26.0 Å². The van der Waals surface area contributed by atoms with Gasteiger partial charge in [0.2, 0.25) is 0 Å². The normalized spacial score (nSPS) is 20.9. The minimum absolute atomic E-state index is 0.847. The third kappa shape index (κ3) is 3.93. The van der Waals surface area contributed by atoms with E-state index in [1.165, 1.54) is 43.0 Å². The van der Waals surface area contributed by atoms with Crippen molar-refractivity contribution in [2.45, 2.75) is 24.2 Å². The van der Waals surface area contributed by atoms with Gasteiger partial charge in [0.05, 0.1) is 7.11 Å². The monoisotopic (exact) mass is 251 g/mol. The van der Waals surface area contributed by atoms with Gasteiger partial charge < -0.3 is 10.1 Å². The van der Waals surface area contributed by atoms with Crippen molar-refractivity contribution in [3.8, 4) is 5.75 Å². The number of thioether (sulfide) groups is 1. The van der Waals surface area contributed by atoms with E-state index in [2.05, 4.69) is 17.4 Å². The highest BCUT2D eigenvalue weighted by atomic mass is 32.2. The fourth-order valence-electron chi connectivity index (χ4n) is 2.20. The maximum absolute atomic E-state index is 5.38. The van der Waals surface area contributed by atoms with Crippen LogP contribution in [-0.2, 0) is 0 Å². The maximum Gasteiger partial charge on any atom is 0.132 e. The molecule has 94 valence electrons. The van der Waals surface area contributed by atoms with Gasteiger partial charge in [-0.2, -0.15) is 0 Å². The quantitative estimate of drug-likeness (QED) is 0.831. The first-order valence-corrected chi connectivity index (χ1v) is 7.35. The molecule has 0 aromatic heterocycles. The van der Waals surface area contributed by atoms with Crippen LogP contribution in [0.5, 0.6) is 5.75 Å². The number of ether oxygens (including phenoxy) is 1. The SMILES string of the molecule is COc1ccccc1SCC1CCCNCC1. The van der Waals surface area contributed by atoms with Crippen molar-refractivity contribution in [3.05, 3.63) is 24.3 Å². The second-order valence-electron chi connectivity index (χ2n) is 4.51. The first kappa shape index (κ1) is 12.8. The van der Waals surface area contributed by atoms with Crippen molar-refractivity contribution in [2.75, 3.05) is 26.0 Å². The molecule has 0 bridgehead atoms. The molecule has 0 amide bonds. The van der Waals surface area contributed by atoms with E-state index < -0.39 is 0 Å². The van der Waals surface area contributed by atoms with Crippen LogP contribution in [0.2, 0.25) is 0 Å². The maximum atomic E-state index is 5.38. The van der Waals surface area contributed by atoms with Gasteiger partial charge in [-0.05, 0) is 50.4 Å². The number of hydrogen-bond donors (Lipinski definition) is 1. The predicted molar refractivity (Wildman–Crippen MR) is 73.9 cm³/mol. The molecule has 1 aromatic carbocycles. The molecule has 1 aromatic rings. The minimum atomic E-state index is 0.847. The summed E-state index contributed by atoms with van der Waals surface area (Å²) in [6.07, 6.45) is 3.98. The molecule has 2 rings (SSSR count). The lowest BCUT2D eigenvalue weighted by molar-refractivity contribution is 0.404. The summed E-state index contributed by atoms with van der Waals surface area (Å²) in [6.45, 7) is 2.37. The standard InChI is InChI=1S/C14H21NOS/c1-16-13-6-2-3-7-14(13)17-11-12-5-4-9-15-10-8-12/h2-3,6-7,12,15H,4-5,8-11H2,1H3. The molecular weight excluding hydrogens is 230 g/mol. The van der Waals surface area contributed by atoms with Gasteiger partial charge in [0.1, 0.15) is 5.75 Å². The second-order valence-corrected chi connectivity index (χ2v) is 5.57. The summed E-state index contributed by atoms with van der Waals surface area (Å²) in [7, 11) is 1.75. The number of benzene rings is 1. The molecule has 1 unspecified atom stereocenters. The van der Waals surface area contributed by atoms with Crippen LogP contribution in [0.3, 0.4) is 0 Å². The Morgan fingerprint density at radius 2 is 2.18 bits per heavy atom. The van der Waals surface area contributed by atoms with Crippen LogP contribution in [0.25, 0.3) is 0 Å². The molecule has 0 spiro atoms. The van der Waals surface area contributed by atoms with Crippen molar-refractivity contribution in [3.63, 3.8) is 0 Å². The smallest absolute Gasteiger partial charge is 0.132 e. The molecule has 17 heavy (non-hydrogen) atoms. The van der Waals surface area contributed by atoms with Gasteiger partial charge in [0, 0.05) is 10.6 Å². The molecular formula is C14H21NOS. The summed E-state index contributed by atoms with van der Waals surface area (Å²) in [5.74, 6) is 3.06. The third-order valence-electron chi connectivity index (χ3n) is 3.24. The molecule has 1 saturated heterocycles. The second kappa shape index (κ2) is 6.92. The van der Waals surface area contributed by atoms with Gasteiger partial charge >= 0.3 is 0 Å². The van der Waals surface area contributed by atoms with Crippen LogP contribution in [0.4, 0.5) is 0 Å². The fraction of sp³-hybridized carbons (Fsp3) is 0.571. The molecule has 1 heterocycles. The van der Waals surface area contributed by atoms with E-state index in [1.807, 2.05) is 23.9 Å². The topological polar surface area (TPSA) is 21.3 Å². The Morgan fingerprint density at radius 1 is 1.29 bits per heavy atom. The van der Waals surface area contributed by atoms with Gasteiger partial charge in [-0.1, -0.05) is 12.1 Å². The highest BCUT2D eigenvalue weighted by molar-refractivity contribution is 7.99. The van der Waals surface area contributed by atoms with Crippen molar-refractivity contribution in [1.29, 1.82) is 0 Å². The van der Waals surface area contributed by atoms with Crippen LogP contribution in [0.15, 0.2) is 29.2 Å². The van der Waals surface area contributed by atoms with Gasteiger partial charge in [0.15, 0.2) is 0 Å². The van der Waals surface area contributed by atoms with Crippen molar-refractivity contribution in [1.82, 2.24) is 5.32 Å². The highest BCUT2D eigenvalue weighted by Crippen LogP contribution is 2.31. The van der Waals surface area contributed by atoms with E-state index in [4.69, 9.17) is 4.74 Å². The summed E-state index contributed by atoms with van der Waals surface area (Å²) in [4.78, 5) is 1.27. The average Bonchev–Trinajstić information content (AvgIpc) is 2.65. The van der Waals surface area contributed by atoms with Crippen molar-refractivity contribution < 1.29 is 4.74 Å². The van der Waals surface area contributed by atoms with E-state index in [0.29, 0.717) is 0 Å². The predicted octanol–water partition coefficient (Wildman–Crippen LogP) is 3.18. The lowest BCUT2D eigenvalue weighted by atomic mass is 10.0. The molecule has 0 aliphatic carbocycles. The van der Waals surface area contributed by atoms with Crippen LogP contribution < -0.4 is 10.1 Å². The van der Waals surface area contributed by atoms with Gasteiger partial charge in [-0.15, -0.1) is 11.8 Å². The summed E-state index contributed by atoms with van der Waals surface area (Å²) in [5.41, 5.74) is 0. The Hall–Kier alpha value is -0.670. The summed E-state index contributed by atoms with van der Waals surface area (Å²) in [6, 6.07) is 8.30. The molecule has 0 radical (unpaired) electrons. The van der Waals surface area contributed by atoms with E-state index in [9.17, 15) is 0 Å². The Bertz CT molecular complexity index is 335. The molecule has 0 saturated carbocycles. The lowest BCUT2D eigenvalue weighted by Gasteiger charge is -2.14. The molecule has 1 aliphatic heterocycles. The van der Waals surface area contributed by atoms with Gasteiger partial charge in [0.25, 0.3) is 0 Å². The third-order valence-corrected chi connectivity index (χ3v) is 4.53. The van der Waals surface area contributed by atoms with Crippen LogP contribution >= 0.6 is 11.8 Å². The zero-order valence-corrected chi connectivity index (χ0v) is 11.3. The Kier molecular flexibility index (Phi) is 5.20. The van der Waals surface area contributed by atoms with Crippen molar-refractivity contribution in [2.24, 2.45) is 5.92 Å². The average molecular weight is 251 g/mol. The Labute approximate surface area is 108 Å². The van der Waals surface area contributed by atoms with E-state index in [1.54, 1.807) is 7.11 Å². The molecule has 3 heteroatoms. The zero-order valence-electron chi connectivity index (χ0n) is 10.4. The number of para-hydroxylation sites is 1. The summed E-state index contributed by atoms with van der Waals surface area (Å²) in [5, 5.41) is 3.46. The number of nitrogens with one attached hydrogen (secondary N) is 1. The van der Waals surface area contributed by atoms with Crippen molar-refractivity contribution >= 4 is 11.8 Å². The van der Waals surface area contributed by atoms with Gasteiger partial charge in [-0.3, -0.25) is 0 Å². The van der Waals surface area contributed by atoms with Crippen LogP contribution in [0.1, 0.15) is 19.3 Å². The molecule has 1 aliphatic rings. The zero-order chi connectivity index (χ0) is 11.9. The first-order chi connectivity index (χ1) is 8.40. The van der Waals surface area contributed by atoms with Gasteiger partial charge in [-0.25, -0.2) is 0 Å². The van der Waals surface area contributed by atoms with E-state index in [0.717, 1.165) is 11.7 Å². The molecule has 1 fully saturated rings. The van der Waals surface area contributed by atoms with E-state index >= 15 is 0 Å². The summed E-state index contributed by atoms with van der Waals surface area (Å²) < 4.78 is 5.38. The Balaban J connectivity index is 1.87. The Morgan fingerprint density at radius 3 is 3.06 bits per heavy atom. The molecule has 2 nitrogen and oxygen atoms in total. The number of hydrogen-bond acceptors (Lipinski definition) is 3. The van der Waals surface area contributed by atoms with E-state index in [-0.39, 0.29) is 0 Å². The van der Waals surface area contributed by atoms with Crippen LogP contribution in [0, 0.1) is 5.92 Å². The first-order valence-electron chi connectivity index (χ1n) is 6.36. The number of rotatable bonds is 4. The molecule has 1 atom stereocenters. The lowest BCUT2D eigenvalue weighted by Crippen LogP contribution is -2.14. The highest BCUT2D eigenvalue weighted by Gasteiger charge is 2.13. The molecule has 1 N–H and O–H groups in total. The number of methoxy groups -OCH3 is 1. The fourth-order valence-corrected chi connectivity index (χ4v) is 3.42. The summed E-state index contributed by atoms with van der Waals surface area (Å²) >= 11 is 1.93. The largest absolute Gasteiger partial charge is 0.496 e. The minimum Gasteiger partial charge on any atom is -0.496 e.